The van der Waals surface area contributed by atoms with E-state index in [1.165, 1.54) is 47.1 Å². The first-order chi connectivity index (χ1) is 46.5. The van der Waals surface area contributed by atoms with E-state index in [1.54, 1.807) is 0 Å². The molecular formula is C68H159I3O19Si2. The van der Waals surface area contributed by atoms with Crippen molar-refractivity contribution >= 4 is 84.4 Å². The monoisotopic (exact) mass is 1730 g/mol. The number of ether oxygens (including phenoxy) is 5. The van der Waals surface area contributed by atoms with Gasteiger partial charge in [0, 0.05) is 80.5 Å². The molecule has 0 aromatic rings. The minimum absolute atomic E-state index is 0. The zero-order valence-electron chi connectivity index (χ0n) is 73.0. The average Bonchev–Trinajstić information content (AvgIpc) is 1.51. The summed E-state index contributed by atoms with van der Waals surface area (Å²) in [4.78, 5) is 0. The highest BCUT2D eigenvalue weighted by Gasteiger charge is 2.47. The van der Waals surface area contributed by atoms with Crippen LogP contribution in [0.15, 0.2) is 11.6 Å². The molecule has 0 spiro atoms. The fraction of sp³-hybridized carbons (Fsp3) is 0.971. The van der Waals surface area contributed by atoms with Crippen LogP contribution in [0.5, 0.6) is 0 Å². The molecule has 92 heavy (non-hydrogen) atoms. The van der Waals surface area contributed by atoms with Gasteiger partial charge in [0.15, 0.2) is 16.6 Å². The van der Waals surface area contributed by atoms with E-state index in [-0.39, 0.29) is 189 Å². The highest BCUT2D eigenvalue weighted by atomic mass is 127. The minimum Gasteiger partial charge on any atom is -0.409 e. The van der Waals surface area contributed by atoms with Crippen LogP contribution in [0.2, 0.25) is 36.3 Å². The van der Waals surface area contributed by atoms with Crippen molar-refractivity contribution in [3.05, 3.63) is 11.6 Å². The number of hydrogen-bond donors (Lipinski definition) is 12. The van der Waals surface area contributed by atoms with Crippen molar-refractivity contribution in [3.63, 3.8) is 0 Å². The van der Waals surface area contributed by atoms with Crippen molar-refractivity contribution < 1.29 is 102 Å². The molecule has 12 N–H and O–H groups in total. The number of alkyl halides is 3. The predicted molar refractivity (Wildman–Crippen MR) is 422 cm³/mol. The number of rotatable bonds is 4. The maximum absolute atomic E-state index is 10.2. The molecule has 5 heterocycles. The lowest BCUT2D eigenvalue weighted by atomic mass is 10.0. The Morgan fingerprint density at radius 3 is 0.880 bits per heavy atom. The second-order valence-electron chi connectivity index (χ2n) is 24.3. The fourth-order valence-corrected chi connectivity index (χ4v) is 10.4. The SMILES string of the molecule is C.C.C.CC.CC(I)I.CCI.[2H]C[C@H]1C=C(C)[C@H](O[Si](C)(C)C(C)(C)C)[C@H]1O.[2H]C[C@H]1O[C@@H](C)[C@@H](O)[C@@H]1C.[2H]C[C@H]1O[C@@H](C)[C@H](C)[C@@H]1O.[2H]C[C@H]1O[C@@H](C)[C@H](O)[C@@H]1C.[2H]C[C@H]1O[C@@H](C)[C@H](O)[C@@H]1C.[2H]C[C@H]1O[C@@H](C)[C@H](O[Si](C)(C)C(C)(C)C)[C@@H]1O.[3H]OC.[3H]OC.[3H]OC.[3H]OC.[3H]OC.[3H]OC. The Labute approximate surface area is 629 Å². The maximum Gasteiger partial charge on any atom is 0.210 e. The van der Waals surface area contributed by atoms with E-state index < -0.39 is 41.1 Å². The Morgan fingerprint density at radius 1 is 0.478 bits per heavy atom. The standard InChI is InChI=1S/C13H26O2Si.C12H26O3Si.4C7H14O2.C2H4I2.C2H5I.C2H6.6CH4O.3CH4/c1-9-8-10(2)12(11(9)14)15-16(6,7)13(3,4)5;1-8-10(13)11(9(2)14-8)15-16(6,7)12(3,4)5;4*1-4-5(2)9-6(3)7(4)8;1-2(3)4;1-2-3;7*1-2;;;/h8-9,11-12,14H,1-7H3;8-11,13H,1-7H3;4*4-8H,1-3H3;2H,1H3;2H2,1H3;1-2H3;6*2H,1H3;3*1H4/t9-,11-,12-;8-,9+,10-,11+;4-,5-,6+,7+;3*4-,5-,6+,7-;;;;;;;;;;;;/m011110............/s1/i2*1D;3*2D;3D;;;;6*2T;;;. The lowest BCUT2D eigenvalue weighted by Gasteiger charge is -2.39. The Hall–Kier alpha value is 1.60. The molecule has 0 bridgehead atoms. The van der Waals surface area contributed by atoms with Gasteiger partial charge in [-0.2, -0.15) is 0 Å². The van der Waals surface area contributed by atoms with E-state index in [1.807, 2.05) is 89.2 Å². The van der Waals surface area contributed by atoms with Gasteiger partial charge < -0.3 is 93.8 Å². The molecule has 23 atom stereocenters. The lowest BCUT2D eigenvalue weighted by Crippen LogP contribution is -2.48. The lowest BCUT2D eigenvalue weighted by molar-refractivity contribution is 0.0285. The molecule has 0 radical (unpaired) electrons. The van der Waals surface area contributed by atoms with E-state index in [0.29, 0.717) is 0 Å². The van der Waals surface area contributed by atoms with Crippen LogP contribution >= 0.6 is 67.8 Å². The molecule has 6 rings (SSSR count). The topological polar surface area (TPSA) is 307 Å². The normalized spacial score (nSPS) is 35.0. The van der Waals surface area contributed by atoms with Gasteiger partial charge in [-0.1, -0.05) is 193 Å². The second-order valence-corrected chi connectivity index (χ2v) is 41.4. The van der Waals surface area contributed by atoms with Gasteiger partial charge in [0.2, 0.25) is 8.59 Å². The second kappa shape index (κ2) is 64.7. The predicted octanol–water partition coefficient (Wildman–Crippen LogP) is 13.3. The van der Waals surface area contributed by atoms with Crippen LogP contribution in [0.4, 0.5) is 0 Å². The smallest absolute Gasteiger partial charge is 0.210 e. The van der Waals surface area contributed by atoms with Gasteiger partial charge in [-0.15, -0.1) is 0 Å². The van der Waals surface area contributed by atoms with Crippen molar-refractivity contribution in [2.75, 3.05) is 47.1 Å². The molecule has 19 nitrogen and oxygen atoms in total. The summed E-state index contributed by atoms with van der Waals surface area (Å²) in [6.45, 7) is 50.4. The highest BCUT2D eigenvalue weighted by Crippen LogP contribution is 2.41. The van der Waals surface area contributed by atoms with E-state index >= 15 is 0 Å². The number of aliphatic hydroxyl groups is 12. The zero-order valence-corrected chi connectivity index (χ0v) is 69.5. The van der Waals surface area contributed by atoms with Crippen LogP contribution in [-0.4, -0.2) is 245 Å². The summed E-state index contributed by atoms with van der Waals surface area (Å²) in [7, 11) is 3.99. The van der Waals surface area contributed by atoms with Crippen molar-refractivity contribution in [1.29, 1.82) is 8.59 Å². The molecule has 574 valence electrons. The molecule has 5 saturated heterocycles. The quantitative estimate of drug-likeness (QED) is 0.0539. The molecule has 1 aliphatic carbocycles. The van der Waals surface area contributed by atoms with Crippen LogP contribution in [0.3, 0.4) is 0 Å². The van der Waals surface area contributed by atoms with Gasteiger partial charge >= 0.3 is 0 Å². The molecule has 0 saturated carbocycles. The summed E-state index contributed by atoms with van der Waals surface area (Å²) in [5, 5.41) is 79.0. The minimum atomic E-state index is -1.90. The third-order valence-corrected chi connectivity index (χ3v) is 24.7. The van der Waals surface area contributed by atoms with Gasteiger partial charge in [-0.3, -0.25) is 0 Å². The number of aliphatic hydroxyl groups excluding tert-OH is 12. The number of halogens is 3. The first-order valence-corrected chi connectivity index (χ1v) is 40.3. The van der Waals surface area contributed by atoms with E-state index in [4.69, 9.17) is 49.3 Å². The first-order valence-electron chi connectivity index (χ1n) is 37.1. The van der Waals surface area contributed by atoms with Gasteiger partial charge in [0.05, 0.1) is 106 Å². The Kier molecular flexibility index (Phi) is 64.4. The molecule has 0 amide bonds. The first kappa shape index (κ1) is 91.6. The van der Waals surface area contributed by atoms with Crippen molar-refractivity contribution in [1.82, 2.24) is 0 Å². The zero-order chi connectivity index (χ0) is 82.3. The highest BCUT2D eigenvalue weighted by molar-refractivity contribution is 14.2. The molecule has 5 aliphatic heterocycles. The van der Waals surface area contributed by atoms with Crippen LogP contribution in [-0.2, 0) is 32.5 Å². The van der Waals surface area contributed by atoms with E-state index in [9.17, 15) is 30.6 Å². The average molecular weight is 1740 g/mol. The van der Waals surface area contributed by atoms with Crippen molar-refractivity contribution in [3.8, 4) is 0 Å². The van der Waals surface area contributed by atoms with Gasteiger partial charge in [-0.25, -0.2) is 0 Å². The third-order valence-electron chi connectivity index (χ3n) is 15.7. The summed E-state index contributed by atoms with van der Waals surface area (Å²) in [5.74, 6) is 0.465. The molecule has 24 heteroatoms. The van der Waals surface area contributed by atoms with Gasteiger partial charge in [0.1, 0.15) is 6.10 Å². The largest absolute Gasteiger partial charge is 0.409 e. The summed E-state index contributed by atoms with van der Waals surface area (Å²) in [5.41, 5.74) is 1.08. The Balaban J connectivity index is -0.0000000915. The Bertz CT molecular complexity index is 1710. The molecule has 0 aromatic carbocycles. The van der Waals surface area contributed by atoms with Crippen molar-refractivity contribution in [2.24, 2.45) is 29.6 Å². The van der Waals surface area contributed by atoms with Crippen molar-refractivity contribution in [2.45, 2.75) is 350 Å². The van der Waals surface area contributed by atoms with E-state index in [2.05, 4.69) is 180 Å². The fourth-order valence-electron chi connectivity index (χ4n) is 7.77. The van der Waals surface area contributed by atoms with Gasteiger partial charge in [-0.05, 0) is 129 Å². The summed E-state index contributed by atoms with van der Waals surface area (Å²) in [6, 6.07) is 0. The van der Waals surface area contributed by atoms with Crippen LogP contribution < -0.4 is 0 Å². The van der Waals surface area contributed by atoms with Gasteiger partial charge in [0.25, 0.3) is 0 Å². The van der Waals surface area contributed by atoms with Crippen LogP contribution in [0.25, 0.3) is 0 Å². The summed E-state index contributed by atoms with van der Waals surface area (Å²) < 4.78 is 118. The molecule has 0 aromatic heterocycles. The van der Waals surface area contributed by atoms with Crippen LogP contribution in [0, 0.1) is 29.6 Å². The third kappa shape index (κ3) is 47.7. The van der Waals surface area contributed by atoms with Crippen LogP contribution in [0.1, 0.15) is 210 Å². The Morgan fingerprint density at radius 2 is 0.707 bits per heavy atom. The molecule has 0 unspecified atom stereocenters. The molecular weight excluding hydrogens is 1560 g/mol. The maximum atomic E-state index is 10.2. The molecule has 5 fully saturated rings. The van der Waals surface area contributed by atoms with E-state index in [0.717, 1.165) is 7.50 Å². The molecule has 6 aliphatic rings. The summed E-state index contributed by atoms with van der Waals surface area (Å²) >= 11 is 6.95. The summed E-state index contributed by atoms with van der Waals surface area (Å²) in [6.07, 6.45) is -2.44. The number of hydrogen-bond acceptors (Lipinski definition) is 19.